The smallest absolute Gasteiger partial charge is 0.123 e. The van der Waals surface area contributed by atoms with Crippen LogP contribution in [0.15, 0.2) is 18.2 Å². The maximum absolute atomic E-state index is 13.2. The van der Waals surface area contributed by atoms with Gasteiger partial charge in [-0.3, -0.25) is 9.80 Å². The number of phenols is 1. The second-order valence-corrected chi connectivity index (χ2v) is 5.17. The largest absolute Gasteiger partial charge is 0.508 e. The third-order valence-electron chi connectivity index (χ3n) is 4.01. The molecule has 19 heavy (non-hydrogen) atoms. The Bertz CT molecular complexity index is 421. The van der Waals surface area contributed by atoms with Gasteiger partial charge in [0.25, 0.3) is 0 Å². The van der Waals surface area contributed by atoms with Crippen molar-refractivity contribution in [2.45, 2.75) is 32.9 Å². The molecule has 106 valence electrons. The van der Waals surface area contributed by atoms with Gasteiger partial charge in [0, 0.05) is 31.2 Å². The molecule has 1 saturated heterocycles. The molecule has 0 bridgehead atoms. The van der Waals surface area contributed by atoms with E-state index in [0.717, 1.165) is 32.6 Å². The van der Waals surface area contributed by atoms with Crippen molar-refractivity contribution in [1.29, 1.82) is 0 Å². The predicted molar refractivity (Wildman–Crippen MR) is 74.7 cm³/mol. The summed E-state index contributed by atoms with van der Waals surface area (Å²) in [6.07, 6.45) is 1.15. The van der Waals surface area contributed by atoms with Gasteiger partial charge in [-0.2, -0.15) is 0 Å². The normalized spacial score (nSPS) is 20.3. The lowest BCUT2D eigenvalue weighted by Crippen LogP contribution is -2.37. The first kappa shape index (κ1) is 14.3. The van der Waals surface area contributed by atoms with Gasteiger partial charge in [0.05, 0.1) is 0 Å². The van der Waals surface area contributed by atoms with Gasteiger partial charge in [0.1, 0.15) is 11.6 Å². The minimum absolute atomic E-state index is 0.188. The number of rotatable bonds is 5. The maximum atomic E-state index is 13.2. The van der Waals surface area contributed by atoms with E-state index in [0.29, 0.717) is 18.2 Å². The van der Waals surface area contributed by atoms with Crippen molar-refractivity contribution < 1.29 is 9.50 Å². The van der Waals surface area contributed by atoms with E-state index in [-0.39, 0.29) is 11.6 Å². The van der Waals surface area contributed by atoms with E-state index in [1.54, 1.807) is 0 Å². The average Bonchev–Trinajstić information content (AvgIpc) is 2.84. The fourth-order valence-electron chi connectivity index (χ4n) is 2.92. The molecule has 3 nitrogen and oxygen atoms in total. The first-order valence-electron chi connectivity index (χ1n) is 7.07. The molecule has 1 N–H and O–H groups in total. The molecule has 2 rings (SSSR count). The summed E-state index contributed by atoms with van der Waals surface area (Å²) in [6.45, 7) is 9.14. The van der Waals surface area contributed by atoms with Crippen LogP contribution in [-0.2, 0) is 6.54 Å². The Morgan fingerprint density at radius 1 is 1.37 bits per heavy atom. The van der Waals surface area contributed by atoms with E-state index in [2.05, 4.69) is 23.6 Å². The number of hydrogen-bond acceptors (Lipinski definition) is 3. The molecule has 1 aromatic rings. The van der Waals surface area contributed by atoms with Gasteiger partial charge in [-0.05, 0) is 37.7 Å². The number of aromatic hydroxyl groups is 1. The highest BCUT2D eigenvalue weighted by atomic mass is 19.1. The second-order valence-electron chi connectivity index (χ2n) is 5.17. The number of nitrogens with zero attached hydrogens (tertiary/aromatic N) is 2. The van der Waals surface area contributed by atoms with Gasteiger partial charge in [0.15, 0.2) is 0 Å². The summed E-state index contributed by atoms with van der Waals surface area (Å²) in [5.41, 5.74) is 0.681. The van der Waals surface area contributed by atoms with Crippen LogP contribution in [0.3, 0.4) is 0 Å². The van der Waals surface area contributed by atoms with Crippen molar-refractivity contribution in [3.63, 3.8) is 0 Å². The van der Waals surface area contributed by atoms with E-state index in [1.165, 1.54) is 18.2 Å². The molecular formula is C15H23FN2O. The van der Waals surface area contributed by atoms with Crippen molar-refractivity contribution in [1.82, 2.24) is 9.80 Å². The third-order valence-corrected chi connectivity index (χ3v) is 4.01. The molecule has 0 radical (unpaired) electrons. The molecule has 0 amide bonds. The van der Waals surface area contributed by atoms with Crippen molar-refractivity contribution in [3.05, 3.63) is 29.6 Å². The number of hydrogen-bond donors (Lipinski definition) is 1. The van der Waals surface area contributed by atoms with Crippen LogP contribution in [-0.4, -0.2) is 47.1 Å². The van der Waals surface area contributed by atoms with Crippen LogP contribution >= 0.6 is 0 Å². The number of phenolic OH excluding ortho intramolecular Hbond substituents is 1. The zero-order chi connectivity index (χ0) is 13.8. The predicted octanol–water partition coefficient (Wildman–Crippen LogP) is 2.45. The molecular weight excluding hydrogens is 243 g/mol. The number of likely N-dealkylation sites (tertiary alicyclic amines) is 1. The SMILES string of the molecule is CCN(CC)C1CCN(Cc2cc(F)ccc2O)C1. The van der Waals surface area contributed by atoms with Crippen molar-refractivity contribution in [2.75, 3.05) is 26.2 Å². The van der Waals surface area contributed by atoms with Crippen molar-refractivity contribution >= 4 is 0 Å². The van der Waals surface area contributed by atoms with Crippen LogP contribution in [0.25, 0.3) is 0 Å². The van der Waals surface area contributed by atoms with Crippen molar-refractivity contribution in [2.24, 2.45) is 0 Å². The topological polar surface area (TPSA) is 26.7 Å². The Morgan fingerprint density at radius 3 is 2.79 bits per heavy atom. The Morgan fingerprint density at radius 2 is 2.11 bits per heavy atom. The van der Waals surface area contributed by atoms with Gasteiger partial charge in [-0.15, -0.1) is 0 Å². The first-order chi connectivity index (χ1) is 9.13. The van der Waals surface area contributed by atoms with Crippen LogP contribution < -0.4 is 0 Å². The molecule has 1 unspecified atom stereocenters. The van der Waals surface area contributed by atoms with E-state index in [4.69, 9.17) is 0 Å². The molecule has 0 spiro atoms. The highest BCUT2D eigenvalue weighted by Gasteiger charge is 2.26. The lowest BCUT2D eigenvalue weighted by atomic mass is 10.2. The van der Waals surface area contributed by atoms with Gasteiger partial charge in [-0.1, -0.05) is 13.8 Å². The van der Waals surface area contributed by atoms with E-state index >= 15 is 0 Å². The summed E-state index contributed by atoms with van der Waals surface area (Å²) >= 11 is 0. The Hall–Kier alpha value is -1.13. The summed E-state index contributed by atoms with van der Waals surface area (Å²) in [7, 11) is 0. The van der Waals surface area contributed by atoms with Crippen LogP contribution in [0.4, 0.5) is 4.39 Å². The second kappa shape index (κ2) is 6.35. The van der Waals surface area contributed by atoms with Crippen LogP contribution in [0.2, 0.25) is 0 Å². The molecule has 1 aliphatic heterocycles. The minimum Gasteiger partial charge on any atom is -0.508 e. The molecule has 1 aliphatic rings. The van der Waals surface area contributed by atoms with Crippen LogP contribution in [0, 0.1) is 5.82 Å². The van der Waals surface area contributed by atoms with Gasteiger partial charge < -0.3 is 5.11 Å². The Balaban J connectivity index is 1.96. The lowest BCUT2D eigenvalue weighted by Gasteiger charge is -2.26. The molecule has 0 saturated carbocycles. The molecule has 1 aromatic carbocycles. The first-order valence-corrected chi connectivity index (χ1v) is 7.07. The average molecular weight is 266 g/mol. The monoisotopic (exact) mass is 266 g/mol. The Labute approximate surface area is 114 Å². The zero-order valence-electron chi connectivity index (χ0n) is 11.8. The lowest BCUT2D eigenvalue weighted by molar-refractivity contribution is 0.208. The maximum Gasteiger partial charge on any atom is 0.123 e. The summed E-state index contributed by atoms with van der Waals surface area (Å²) < 4.78 is 13.2. The van der Waals surface area contributed by atoms with Gasteiger partial charge in [0.2, 0.25) is 0 Å². The fourth-order valence-corrected chi connectivity index (χ4v) is 2.92. The number of likely N-dealkylation sites (N-methyl/N-ethyl adjacent to an activating group) is 1. The molecule has 1 heterocycles. The minimum atomic E-state index is -0.285. The summed E-state index contributed by atoms with van der Waals surface area (Å²) in [4.78, 5) is 4.75. The van der Waals surface area contributed by atoms with E-state index < -0.39 is 0 Å². The highest BCUT2D eigenvalue weighted by molar-refractivity contribution is 5.32. The number of benzene rings is 1. The molecule has 0 aliphatic carbocycles. The number of halogens is 1. The molecule has 0 aromatic heterocycles. The van der Waals surface area contributed by atoms with E-state index in [9.17, 15) is 9.50 Å². The quantitative estimate of drug-likeness (QED) is 0.887. The van der Waals surface area contributed by atoms with Gasteiger partial charge >= 0.3 is 0 Å². The third kappa shape index (κ3) is 3.45. The Kier molecular flexibility index (Phi) is 4.77. The van der Waals surface area contributed by atoms with E-state index in [1.807, 2.05) is 0 Å². The summed E-state index contributed by atoms with van der Waals surface area (Å²) in [6, 6.07) is 4.75. The summed E-state index contributed by atoms with van der Waals surface area (Å²) in [5.74, 6) is -0.0972. The molecule has 1 fully saturated rings. The summed E-state index contributed by atoms with van der Waals surface area (Å²) in [5, 5.41) is 9.76. The standard InChI is InChI=1S/C15H23FN2O/c1-3-18(4-2)14-7-8-17(11-14)10-12-9-13(16)5-6-15(12)19/h5-6,9,14,19H,3-4,7-8,10-11H2,1-2H3. The molecule has 1 atom stereocenters. The van der Waals surface area contributed by atoms with Gasteiger partial charge in [-0.25, -0.2) is 4.39 Å². The fraction of sp³-hybridized carbons (Fsp3) is 0.600. The molecule has 4 heteroatoms. The highest BCUT2D eigenvalue weighted by Crippen LogP contribution is 2.23. The van der Waals surface area contributed by atoms with Crippen molar-refractivity contribution in [3.8, 4) is 5.75 Å². The van der Waals surface area contributed by atoms with Crippen LogP contribution in [0.1, 0.15) is 25.8 Å². The zero-order valence-corrected chi connectivity index (χ0v) is 11.8. The van der Waals surface area contributed by atoms with Crippen LogP contribution in [0.5, 0.6) is 5.75 Å².